The van der Waals surface area contributed by atoms with Gasteiger partial charge in [-0.25, -0.2) is 4.79 Å². The lowest BCUT2D eigenvalue weighted by atomic mass is 10.2. The fourth-order valence-electron chi connectivity index (χ4n) is 6.32. The van der Waals surface area contributed by atoms with Crippen LogP contribution in [0.4, 0.5) is 19.0 Å². The first-order valence-electron chi connectivity index (χ1n) is 17.1. The minimum atomic E-state index is -5.09. The van der Waals surface area contributed by atoms with Gasteiger partial charge in [-0.05, 0) is 33.8 Å². The monoisotopic (exact) mass is 778 g/mol. The first kappa shape index (κ1) is 40.5. The molecule has 1 saturated heterocycles. The standard InChI is InChI=1S/C39H41F3N4O6SSi/c1-38(2,3)54(29-18-10-6-11-19-29,30-20-12-7-13-21-30)51-25-32-31(50-26-53-4)23-33(52-32)46-24-28(17-14-22-43-36(48)39(40,41)42)34(45-37(46)49)44-35(47)27-15-8-5-9-16-27/h5-13,15-16,18-21,24,31-33H,22-23,25-26H2,1-4H3,(H,43,48)(H,44,45,47,49)/t31-,32-,33-/m1/s1. The second kappa shape index (κ2) is 17.6. The third-order valence-electron chi connectivity index (χ3n) is 8.81. The van der Waals surface area contributed by atoms with E-state index in [0.29, 0.717) is 5.94 Å². The Bertz CT molecular complexity index is 1980. The number of benzene rings is 3. The van der Waals surface area contributed by atoms with Gasteiger partial charge >= 0.3 is 17.8 Å². The number of carbonyl (C=O) groups excluding carboxylic acids is 2. The van der Waals surface area contributed by atoms with Crippen molar-refractivity contribution in [3.63, 3.8) is 0 Å². The van der Waals surface area contributed by atoms with Gasteiger partial charge in [0.2, 0.25) is 0 Å². The molecule has 54 heavy (non-hydrogen) atoms. The van der Waals surface area contributed by atoms with E-state index in [0.717, 1.165) is 10.4 Å². The first-order valence-corrected chi connectivity index (χ1v) is 20.4. The summed E-state index contributed by atoms with van der Waals surface area (Å²) in [5.41, 5.74) is -0.481. The van der Waals surface area contributed by atoms with Crippen molar-refractivity contribution in [3.05, 3.63) is 119 Å². The number of halogens is 3. The molecule has 1 aromatic heterocycles. The summed E-state index contributed by atoms with van der Waals surface area (Å²) in [7, 11) is -2.97. The zero-order valence-electron chi connectivity index (χ0n) is 30.2. The SMILES string of the molecule is CSCO[C@@H]1C[C@H](n2cc(C#CCNC(=O)C(F)(F)F)c(NC(=O)c3ccccc3)nc2=O)O[C@@H]1CO[Si](c1ccccc1)(c1ccccc1)C(C)(C)C. The summed E-state index contributed by atoms with van der Waals surface area (Å²) in [6, 6.07) is 28.4. The molecule has 2 N–H and O–H groups in total. The molecule has 0 aliphatic carbocycles. The molecule has 2 amide bonds. The summed E-state index contributed by atoms with van der Waals surface area (Å²) in [6.45, 7) is 5.98. The second-order valence-electron chi connectivity index (χ2n) is 13.4. The number of rotatable bonds is 12. The normalized spacial score (nSPS) is 17.4. The van der Waals surface area contributed by atoms with Gasteiger partial charge in [0, 0.05) is 18.2 Å². The lowest BCUT2D eigenvalue weighted by Crippen LogP contribution is -2.67. The highest BCUT2D eigenvalue weighted by molar-refractivity contribution is 7.98. The molecular formula is C39H41F3N4O6SSi. The Morgan fingerprint density at radius 3 is 2.13 bits per heavy atom. The van der Waals surface area contributed by atoms with E-state index in [2.05, 4.69) is 67.2 Å². The summed E-state index contributed by atoms with van der Waals surface area (Å²) in [5, 5.41) is 6.12. The van der Waals surface area contributed by atoms with Crippen LogP contribution in [0.25, 0.3) is 0 Å². The quantitative estimate of drug-likeness (QED) is 0.116. The van der Waals surface area contributed by atoms with Crippen LogP contribution in [-0.4, -0.2) is 73.4 Å². The molecule has 0 bridgehead atoms. The van der Waals surface area contributed by atoms with Gasteiger partial charge in [0.25, 0.3) is 14.2 Å². The third kappa shape index (κ3) is 9.49. The van der Waals surface area contributed by atoms with E-state index in [9.17, 15) is 27.6 Å². The van der Waals surface area contributed by atoms with Crippen molar-refractivity contribution < 1.29 is 36.7 Å². The van der Waals surface area contributed by atoms with Gasteiger partial charge in [-0.1, -0.05) is 111 Å². The van der Waals surface area contributed by atoms with Crippen LogP contribution in [0.3, 0.4) is 0 Å². The molecule has 5 rings (SSSR count). The zero-order chi connectivity index (χ0) is 38.9. The van der Waals surface area contributed by atoms with Crippen LogP contribution in [0.1, 0.15) is 49.3 Å². The predicted octanol–water partition coefficient (Wildman–Crippen LogP) is 5.10. The fourth-order valence-corrected chi connectivity index (χ4v) is 11.2. The van der Waals surface area contributed by atoms with Crippen molar-refractivity contribution in [2.45, 2.75) is 56.8 Å². The van der Waals surface area contributed by atoms with E-state index < -0.39 is 57.0 Å². The Labute approximate surface area is 316 Å². The van der Waals surface area contributed by atoms with Crippen LogP contribution in [0.15, 0.2) is 102 Å². The Morgan fingerprint density at radius 2 is 1.57 bits per heavy atom. The van der Waals surface area contributed by atoms with Crippen LogP contribution in [0.5, 0.6) is 0 Å². The van der Waals surface area contributed by atoms with Crippen molar-refractivity contribution >= 4 is 48.1 Å². The van der Waals surface area contributed by atoms with E-state index in [1.54, 1.807) is 35.6 Å². The van der Waals surface area contributed by atoms with E-state index in [1.165, 1.54) is 22.5 Å². The van der Waals surface area contributed by atoms with Crippen LogP contribution in [-0.2, 0) is 18.7 Å². The molecule has 1 aliphatic rings. The van der Waals surface area contributed by atoms with E-state index >= 15 is 0 Å². The molecular weight excluding hydrogens is 738 g/mol. The van der Waals surface area contributed by atoms with Crippen LogP contribution in [0, 0.1) is 11.8 Å². The number of thioether (sulfide) groups is 1. The number of nitrogens with zero attached hydrogens (tertiary/aromatic N) is 2. The van der Waals surface area contributed by atoms with Gasteiger partial charge in [-0.3, -0.25) is 14.2 Å². The van der Waals surface area contributed by atoms with E-state index in [4.69, 9.17) is 13.9 Å². The average Bonchev–Trinajstić information content (AvgIpc) is 3.56. The predicted molar refractivity (Wildman–Crippen MR) is 204 cm³/mol. The third-order valence-corrected chi connectivity index (χ3v) is 14.2. The van der Waals surface area contributed by atoms with Crippen molar-refractivity contribution in [2.75, 3.05) is 30.7 Å². The number of nitrogens with one attached hydrogen (secondary N) is 2. The van der Waals surface area contributed by atoms with Gasteiger partial charge in [-0.2, -0.15) is 18.2 Å². The maximum absolute atomic E-state index is 13.6. The zero-order valence-corrected chi connectivity index (χ0v) is 32.0. The molecule has 0 radical (unpaired) electrons. The largest absolute Gasteiger partial charge is 0.471 e. The Balaban J connectivity index is 1.48. The molecule has 3 atom stereocenters. The van der Waals surface area contributed by atoms with Crippen molar-refractivity contribution in [1.29, 1.82) is 0 Å². The molecule has 15 heteroatoms. The molecule has 10 nitrogen and oxygen atoms in total. The van der Waals surface area contributed by atoms with Gasteiger partial charge in [0.15, 0.2) is 5.82 Å². The number of amides is 2. The van der Waals surface area contributed by atoms with Crippen molar-refractivity contribution in [2.24, 2.45) is 0 Å². The Morgan fingerprint density at radius 1 is 0.981 bits per heavy atom. The maximum atomic E-state index is 13.6. The topological polar surface area (TPSA) is 121 Å². The van der Waals surface area contributed by atoms with E-state index in [1.807, 2.05) is 42.7 Å². The Hall–Kier alpha value is -4.72. The number of alkyl halides is 3. The summed E-state index contributed by atoms with van der Waals surface area (Å²) in [4.78, 5) is 42.0. The molecule has 0 spiro atoms. The molecule has 1 fully saturated rings. The molecule has 284 valence electrons. The molecule has 1 aliphatic heterocycles. The van der Waals surface area contributed by atoms with Gasteiger partial charge in [0.05, 0.1) is 30.8 Å². The lowest BCUT2D eigenvalue weighted by Gasteiger charge is -2.43. The highest BCUT2D eigenvalue weighted by Gasteiger charge is 2.51. The maximum Gasteiger partial charge on any atom is 0.471 e. The van der Waals surface area contributed by atoms with Crippen molar-refractivity contribution in [1.82, 2.24) is 14.9 Å². The lowest BCUT2D eigenvalue weighted by molar-refractivity contribution is -0.173. The number of aromatic nitrogens is 2. The minimum absolute atomic E-state index is 0.0114. The molecule has 2 heterocycles. The molecule has 3 aromatic carbocycles. The number of hydrogen-bond acceptors (Lipinski definition) is 8. The Kier molecular flexibility index (Phi) is 13.2. The van der Waals surface area contributed by atoms with E-state index in [-0.39, 0.29) is 35.0 Å². The van der Waals surface area contributed by atoms with Crippen LogP contribution in [0.2, 0.25) is 5.04 Å². The highest BCUT2D eigenvalue weighted by atomic mass is 32.2. The summed E-state index contributed by atoms with van der Waals surface area (Å²) in [6.07, 6.45) is -3.61. The summed E-state index contributed by atoms with van der Waals surface area (Å²) >= 11 is 1.49. The number of carbonyl (C=O) groups is 2. The smallest absolute Gasteiger partial charge is 0.405 e. The molecule has 0 unspecified atom stereocenters. The number of hydrogen-bond donors (Lipinski definition) is 2. The fraction of sp³-hybridized carbons (Fsp3) is 0.333. The highest BCUT2D eigenvalue weighted by Crippen LogP contribution is 2.38. The van der Waals surface area contributed by atoms with Crippen LogP contribution >= 0.6 is 11.8 Å². The number of anilines is 1. The number of ether oxygens (including phenoxy) is 2. The summed E-state index contributed by atoms with van der Waals surface area (Å²) < 4.78 is 59.3. The second-order valence-corrected chi connectivity index (χ2v) is 18.6. The van der Waals surface area contributed by atoms with Gasteiger partial charge in [-0.15, -0.1) is 11.8 Å². The first-order chi connectivity index (χ1) is 25.7. The molecule has 0 saturated carbocycles. The van der Waals surface area contributed by atoms with Gasteiger partial charge < -0.3 is 24.5 Å². The van der Waals surface area contributed by atoms with Crippen molar-refractivity contribution in [3.8, 4) is 11.8 Å². The average molecular weight is 779 g/mol. The minimum Gasteiger partial charge on any atom is -0.405 e. The molecule has 4 aromatic rings. The summed E-state index contributed by atoms with van der Waals surface area (Å²) in [5.74, 6) is 2.50. The van der Waals surface area contributed by atoms with Crippen LogP contribution < -0.4 is 26.7 Å². The van der Waals surface area contributed by atoms with Gasteiger partial charge in [0.1, 0.15) is 12.3 Å².